The molecule has 1 aliphatic heterocycles. The Morgan fingerprint density at radius 3 is 2.04 bits per heavy atom. The number of fused-ring (bicyclic) bond motifs is 1. The lowest BCUT2D eigenvalue weighted by Crippen LogP contribution is -2.46. The number of aromatic amines is 2. The number of H-pyrrole nitrogens is 2. The zero-order valence-electron chi connectivity index (χ0n) is 33.3. The predicted molar refractivity (Wildman–Crippen MR) is 226 cm³/mol. The Labute approximate surface area is 335 Å². The van der Waals surface area contributed by atoms with Crippen LogP contribution in [-0.4, -0.2) is 87.9 Å². The number of nitrogens with zero attached hydrogens (tertiary/aromatic N) is 4. The van der Waals surface area contributed by atoms with Crippen LogP contribution in [-0.2, 0) is 20.8 Å². The van der Waals surface area contributed by atoms with E-state index in [0.717, 1.165) is 81.6 Å². The van der Waals surface area contributed by atoms with E-state index >= 15 is 0 Å². The van der Waals surface area contributed by atoms with E-state index in [4.69, 9.17) is 4.98 Å². The number of amides is 1. The van der Waals surface area contributed by atoms with Crippen LogP contribution in [0.15, 0.2) is 115 Å². The number of imidazole rings is 1. The summed E-state index contributed by atoms with van der Waals surface area (Å²) >= 11 is 0. The lowest BCUT2D eigenvalue weighted by atomic mass is 9.85. The first-order chi connectivity index (χ1) is 27.7. The Morgan fingerprint density at radius 2 is 1.37 bits per heavy atom. The highest BCUT2D eigenvalue weighted by molar-refractivity contribution is 5.94. The fourth-order valence-electron chi connectivity index (χ4n) is 9.27. The standard InChI is InChI=1S/C48H52N6O3/c1-52(2)44(34-13-7-5-8-14-34)46(56)37-17-11-18-38(37)47-49-30-41(51-47)33-23-21-32(22-24-33)40-29-36-27-31(20-25-39(36)50-40)28-43(55)42-19-12-26-54(42)48(57)45(53(3)4)35-15-9-6-10-16-35/h5-10,13-16,20-25,27,29-30,37-38,42,44-45,50H,11-12,17-19,26,28H2,1-4H3,(H,49,51)/t37?,38-,42+,44+,45+/m1/s1. The molecule has 4 aromatic carbocycles. The molecular weight excluding hydrogens is 709 g/mol. The van der Waals surface area contributed by atoms with Crippen LogP contribution in [0.1, 0.15) is 72.6 Å². The number of Topliss-reactive ketones (excluding diaryl/α,β-unsaturated/α-hetero) is 2. The maximum absolute atomic E-state index is 14.0. The molecule has 0 bridgehead atoms. The van der Waals surface area contributed by atoms with Crippen LogP contribution >= 0.6 is 0 Å². The van der Waals surface area contributed by atoms with Crippen LogP contribution in [0.4, 0.5) is 0 Å². The molecular formula is C48H52N6O3. The quantitative estimate of drug-likeness (QED) is 0.123. The summed E-state index contributed by atoms with van der Waals surface area (Å²) in [4.78, 5) is 59.3. The average molecular weight is 761 g/mol. The molecule has 292 valence electrons. The fourth-order valence-corrected chi connectivity index (χ4v) is 9.27. The topological polar surface area (TPSA) is 105 Å². The molecule has 1 amide bonds. The van der Waals surface area contributed by atoms with Gasteiger partial charge in [-0.1, -0.05) is 97.4 Å². The van der Waals surface area contributed by atoms with Gasteiger partial charge in [-0.15, -0.1) is 0 Å². The second kappa shape index (κ2) is 16.5. The monoisotopic (exact) mass is 760 g/mol. The molecule has 0 spiro atoms. The van der Waals surface area contributed by atoms with Crippen LogP contribution in [0.5, 0.6) is 0 Å². The van der Waals surface area contributed by atoms with Gasteiger partial charge in [0.2, 0.25) is 5.91 Å². The summed E-state index contributed by atoms with van der Waals surface area (Å²) in [5.41, 5.74) is 7.93. The van der Waals surface area contributed by atoms with Gasteiger partial charge in [-0.3, -0.25) is 24.2 Å². The number of rotatable bonds is 13. The third kappa shape index (κ3) is 7.87. The van der Waals surface area contributed by atoms with Crippen LogP contribution < -0.4 is 0 Å². The Morgan fingerprint density at radius 1 is 0.719 bits per heavy atom. The number of hydrogen-bond donors (Lipinski definition) is 2. The van der Waals surface area contributed by atoms with E-state index in [1.54, 1.807) is 4.90 Å². The SMILES string of the molecule is CN(C)[C@H](C(=O)C1CCC[C@H]1c1ncc(-c2ccc(-c3cc4cc(CC(=O)[C@@H]5CCCN5C(=O)[C@H](c5ccccc5)N(C)C)ccc4[nH]3)cc2)[nH]1)c1ccccc1. The summed E-state index contributed by atoms with van der Waals surface area (Å²) in [7, 11) is 7.79. The van der Waals surface area contributed by atoms with Gasteiger partial charge in [-0.25, -0.2) is 4.98 Å². The molecule has 0 radical (unpaired) electrons. The number of carbonyl (C=O) groups is 3. The normalized spacial score (nSPS) is 19.4. The lowest BCUT2D eigenvalue weighted by molar-refractivity contribution is -0.141. The Balaban J connectivity index is 0.935. The zero-order valence-corrected chi connectivity index (χ0v) is 33.3. The highest BCUT2D eigenvalue weighted by Gasteiger charge is 2.40. The first-order valence-corrected chi connectivity index (χ1v) is 20.2. The van der Waals surface area contributed by atoms with Crippen molar-refractivity contribution < 1.29 is 14.4 Å². The maximum Gasteiger partial charge on any atom is 0.245 e. The van der Waals surface area contributed by atoms with Crippen molar-refractivity contribution in [3.05, 3.63) is 138 Å². The summed E-state index contributed by atoms with van der Waals surface area (Å²) < 4.78 is 0. The van der Waals surface area contributed by atoms with Gasteiger partial charge in [0.15, 0.2) is 11.6 Å². The van der Waals surface area contributed by atoms with E-state index in [0.29, 0.717) is 13.0 Å². The van der Waals surface area contributed by atoms with Crippen molar-refractivity contribution in [3.8, 4) is 22.5 Å². The van der Waals surface area contributed by atoms with Crippen LogP contribution in [0.3, 0.4) is 0 Å². The fraction of sp³-hybridized carbons (Fsp3) is 0.333. The maximum atomic E-state index is 14.0. The van der Waals surface area contributed by atoms with E-state index in [2.05, 4.69) is 46.4 Å². The number of ketones is 2. The molecule has 2 fully saturated rings. The van der Waals surface area contributed by atoms with Gasteiger partial charge in [-0.05, 0) is 99.9 Å². The van der Waals surface area contributed by atoms with E-state index in [-0.39, 0.29) is 41.8 Å². The van der Waals surface area contributed by atoms with Crippen LogP contribution in [0, 0.1) is 5.92 Å². The molecule has 5 atom stereocenters. The molecule has 8 rings (SSSR count). The van der Waals surface area contributed by atoms with Gasteiger partial charge in [-0.2, -0.15) is 0 Å². The zero-order chi connectivity index (χ0) is 39.6. The van der Waals surface area contributed by atoms with Crippen molar-refractivity contribution in [2.45, 2.75) is 62.6 Å². The molecule has 2 aliphatic rings. The number of carbonyl (C=O) groups excluding carboxylic acids is 3. The van der Waals surface area contributed by atoms with Gasteiger partial charge in [0.1, 0.15) is 11.9 Å². The van der Waals surface area contributed by atoms with Gasteiger partial charge in [0.25, 0.3) is 0 Å². The predicted octanol–water partition coefficient (Wildman–Crippen LogP) is 8.39. The average Bonchev–Trinajstić information content (AvgIpc) is 4.05. The van der Waals surface area contributed by atoms with E-state index in [9.17, 15) is 14.4 Å². The molecule has 1 unspecified atom stereocenters. The van der Waals surface area contributed by atoms with Crippen molar-refractivity contribution in [1.82, 2.24) is 29.7 Å². The molecule has 1 aliphatic carbocycles. The molecule has 2 aromatic heterocycles. The molecule has 6 aromatic rings. The highest BCUT2D eigenvalue weighted by Crippen LogP contribution is 2.42. The molecule has 57 heavy (non-hydrogen) atoms. The van der Waals surface area contributed by atoms with Crippen molar-refractivity contribution in [3.63, 3.8) is 0 Å². The van der Waals surface area contributed by atoms with Gasteiger partial charge in [0.05, 0.1) is 24.0 Å². The summed E-state index contributed by atoms with van der Waals surface area (Å²) in [5.74, 6) is 1.20. The molecule has 9 heteroatoms. The number of benzene rings is 4. The number of likely N-dealkylation sites (tertiary alicyclic amines) is 1. The first-order valence-electron chi connectivity index (χ1n) is 20.2. The molecule has 2 N–H and O–H groups in total. The Bertz CT molecular complexity index is 2350. The lowest BCUT2D eigenvalue weighted by Gasteiger charge is -2.31. The minimum atomic E-state index is -0.427. The summed E-state index contributed by atoms with van der Waals surface area (Å²) in [6.45, 7) is 0.599. The largest absolute Gasteiger partial charge is 0.355 e. The number of likely N-dealkylation sites (N-methyl/N-ethyl adjacent to an activating group) is 2. The minimum Gasteiger partial charge on any atom is -0.355 e. The van der Waals surface area contributed by atoms with Crippen LogP contribution in [0.25, 0.3) is 33.4 Å². The van der Waals surface area contributed by atoms with E-state index in [1.165, 1.54) is 0 Å². The van der Waals surface area contributed by atoms with Crippen molar-refractivity contribution >= 4 is 28.4 Å². The highest BCUT2D eigenvalue weighted by atomic mass is 16.2. The second-order valence-corrected chi connectivity index (χ2v) is 16.3. The molecule has 1 saturated carbocycles. The smallest absolute Gasteiger partial charge is 0.245 e. The number of hydrogen-bond acceptors (Lipinski definition) is 6. The molecule has 3 heterocycles. The number of aromatic nitrogens is 3. The number of nitrogens with one attached hydrogen (secondary N) is 2. The third-order valence-corrected chi connectivity index (χ3v) is 12.1. The van der Waals surface area contributed by atoms with Crippen molar-refractivity contribution in [2.75, 3.05) is 34.7 Å². The Kier molecular flexibility index (Phi) is 11.0. The Hall–Kier alpha value is -5.64. The van der Waals surface area contributed by atoms with E-state index in [1.807, 2.05) is 117 Å². The first kappa shape index (κ1) is 38.2. The van der Waals surface area contributed by atoms with Crippen molar-refractivity contribution in [1.29, 1.82) is 0 Å². The second-order valence-electron chi connectivity index (χ2n) is 16.3. The summed E-state index contributed by atoms with van der Waals surface area (Å²) in [6, 6.07) is 35.4. The van der Waals surface area contributed by atoms with E-state index < -0.39 is 12.1 Å². The summed E-state index contributed by atoms with van der Waals surface area (Å²) in [5, 5.41) is 1.04. The van der Waals surface area contributed by atoms with Gasteiger partial charge < -0.3 is 14.9 Å². The minimum absolute atomic E-state index is 0.0152. The molecule has 9 nitrogen and oxygen atoms in total. The molecule has 1 saturated heterocycles. The van der Waals surface area contributed by atoms with Gasteiger partial charge in [0, 0.05) is 41.4 Å². The van der Waals surface area contributed by atoms with Gasteiger partial charge >= 0.3 is 0 Å². The summed E-state index contributed by atoms with van der Waals surface area (Å²) in [6.07, 6.45) is 6.52. The van der Waals surface area contributed by atoms with Crippen LogP contribution in [0.2, 0.25) is 0 Å². The van der Waals surface area contributed by atoms with Crippen molar-refractivity contribution in [2.24, 2.45) is 5.92 Å². The third-order valence-electron chi connectivity index (χ3n) is 12.1.